The number of ether oxygens (including phenoxy) is 1. The fourth-order valence-corrected chi connectivity index (χ4v) is 3.90. The minimum atomic E-state index is -4.41. The lowest BCUT2D eigenvalue weighted by atomic mass is 10.1. The largest absolute Gasteiger partial charge is 0.488 e. The molecule has 30 heavy (non-hydrogen) atoms. The highest BCUT2D eigenvalue weighted by molar-refractivity contribution is 7.12. The average Bonchev–Trinajstić information content (AvgIpc) is 3.19. The van der Waals surface area contributed by atoms with Crippen LogP contribution in [-0.4, -0.2) is 18.3 Å². The van der Waals surface area contributed by atoms with E-state index >= 15 is 0 Å². The summed E-state index contributed by atoms with van der Waals surface area (Å²) in [5.74, 6) is 0.798. The van der Waals surface area contributed by atoms with Crippen LogP contribution < -0.4 is 10.1 Å². The molecule has 0 bridgehead atoms. The van der Waals surface area contributed by atoms with Crippen LogP contribution in [-0.2, 0) is 19.3 Å². The molecular formula is C23H24F3NO2S. The predicted octanol–water partition coefficient (Wildman–Crippen LogP) is 5.73. The Balaban J connectivity index is 1.64. The van der Waals surface area contributed by atoms with E-state index in [1.807, 2.05) is 31.2 Å². The van der Waals surface area contributed by atoms with Crippen molar-refractivity contribution in [2.24, 2.45) is 5.92 Å². The molecule has 2 aromatic carbocycles. The van der Waals surface area contributed by atoms with Gasteiger partial charge in [0.05, 0.1) is 0 Å². The topological polar surface area (TPSA) is 41.5 Å². The maximum atomic E-state index is 13.5. The van der Waals surface area contributed by atoms with E-state index in [9.17, 15) is 13.2 Å². The summed E-state index contributed by atoms with van der Waals surface area (Å²) in [5, 5.41) is 12.3. The fraction of sp³-hybridized carbons (Fsp3) is 0.304. The highest BCUT2D eigenvalue weighted by Crippen LogP contribution is 2.43. The van der Waals surface area contributed by atoms with Crippen LogP contribution in [0.15, 0.2) is 60.7 Å². The molecule has 0 spiro atoms. The molecule has 3 nitrogen and oxygen atoms in total. The molecule has 0 aliphatic rings. The van der Waals surface area contributed by atoms with Crippen molar-refractivity contribution in [3.05, 3.63) is 76.0 Å². The molecule has 2 N–H and O–H groups in total. The fourth-order valence-electron chi connectivity index (χ4n) is 2.94. The normalized spacial score (nSPS) is 12.7. The van der Waals surface area contributed by atoms with Crippen LogP contribution in [0.2, 0.25) is 0 Å². The highest BCUT2D eigenvalue weighted by atomic mass is 32.1. The summed E-state index contributed by atoms with van der Waals surface area (Å²) in [7, 11) is 0. The van der Waals surface area contributed by atoms with E-state index in [1.165, 1.54) is 0 Å². The van der Waals surface area contributed by atoms with E-state index < -0.39 is 11.1 Å². The molecule has 0 aliphatic heterocycles. The lowest BCUT2D eigenvalue weighted by Crippen LogP contribution is -2.22. The molecule has 1 heterocycles. The number of benzene rings is 2. The van der Waals surface area contributed by atoms with Gasteiger partial charge in [-0.2, -0.15) is 13.2 Å². The number of thiophene rings is 1. The van der Waals surface area contributed by atoms with Gasteiger partial charge in [0.25, 0.3) is 0 Å². The lowest BCUT2D eigenvalue weighted by Gasteiger charge is -2.10. The standard InChI is InChI=1S/C23H24F3NO2S/c1-16(14-28)12-27-13-17-7-9-19(10-8-17)29-15-20-11-21(18-5-3-2-4-6-18)22(30-20)23(24,25)26/h2-11,16,27-28H,12-15H2,1H3. The second-order valence-corrected chi connectivity index (χ2v) is 8.31. The number of alkyl halides is 3. The van der Waals surface area contributed by atoms with Gasteiger partial charge >= 0.3 is 6.18 Å². The lowest BCUT2D eigenvalue weighted by molar-refractivity contribution is -0.133. The van der Waals surface area contributed by atoms with Crippen LogP contribution in [0, 0.1) is 5.92 Å². The van der Waals surface area contributed by atoms with E-state index in [-0.39, 0.29) is 24.7 Å². The van der Waals surface area contributed by atoms with Crippen molar-refractivity contribution >= 4 is 11.3 Å². The van der Waals surface area contributed by atoms with E-state index in [2.05, 4.69) is 5.32 Å². The quantitative estimate of drug-likeness (QED) is 0.451. The third-order valence-corrected chi connectivity index (χ3v) is 5.72. The minimum Gasteiger partial charge on any atom is -0.488 e. The maximum Gasteiger partial charge on any atom is 0.426 e. The smallest absolute Gasteiger partial charge is 0.426 e. The zero-order valence-electron chi connectivity index (χ0n) is 16.6. The third-order valence-electron chi connectivity index (χ3n) is 4.56. The summed E-state index contributed by atoms with van der Waals surface area (Å²) in [5.41, 5.74) is 1.79. The van der Waals surface area contributed by atoms with Gasteiger partial charge in [-0.25, -0.2) is 0 Å². The van der Waals surface area contributed by atoms with E-state index in [4.69, 9.17) is 9.84 Å². The van der Waals surface area contributed by atoms with Crippen LogP contribution in [0.25, 0.3) is 11.1 Å². The number of hydrogen-bond donors (Lipinski definition) is 2. The Morgan fingerprint density at radius 1 is 1.07 bits per heavy atom. The minimum absolute atomic E-state index is 0.0756. The monoisotopic (exact) mass is 435 g/mol. The number of aliphatic hydroxyl groups excluding tert-OH is 1. The molecule has 0 saturated heterocycles. The van der Waals surface area contributed by atoms with Gasteiger partial charge in [-0.05, 0) is 35.2 Å². The summed E-state index contributed by atoms with van der Waals surface area (Å²) < 4.78 is 46.2. The van der Waals surface area contributed by atoms with Crippen molar-refractivity contribution in [2.45, 2.75) is 26.3 Å². The van der Waals surface area contributed by atoms with Crippen molar-refractivity contribution < 1.29 is 23.0 Å². The molecule has 0 radical (unpaired) electrons. The van der Waals surface area contributed by atoms with Crippen molar-refractivity contribution in [1.82, 2.24) is 5.32 Å². The zero-order chi connectivity index (χ0) is 21.6. The van der Waals surface area contributed by atoms with Crippen LogP contribution in [0.1, 0.15) is 22.2 Å². The van der Waals surface area contributed by atoms with E-state index in [0.29, 0.717) is 22.7 Å². The summed E-state index contributed by atoms with van der Waals surface area (Å²) in [6.07, 6.45) is -4.41. The van der Waals surface area contributed by atoms with Crippen molar-refractivity contribution in [3.63, 3.8) is 0 Å². The Kier molecular flexibility index (Phi) is 7.53. The van der Waals surface area contributed by atoms with Gasteiger partial charge in [-0.3, -0.25) is 0 Å². The summed E-state index contributed by atoms with van der Waals surface area (Å²) in [4.78, 5) is -0.0873. The molecule has 7 heteroatoms. The highest BCUT2D eigenvalue weighted by Gasteiger charge is 2.36. The van der Waals surface area contributed by atoms with Gasteiger partial charge in [0, 0.05) is 30.1 Å². The molecule has 0 saturated carbocycles. The summed E-state index contributed by atoms with van der Waals surface area (Å²) in [6, 6.07) is 17.6. The van der Waals surface area contributed by atoms with Crippen LogP contribution in [0.4, 0.5) is 13.2 Å². The molecule has 1 unspecified atom stereocenters. The Morgan fingerprint density at radius 2 is 1.77 bits per heavy atom. The molecule has 0 fully saturated rings. The Bertz CT molecular complexity index is 924. The van der Waals surface area contributed by atoms with Gasteiger partial charge in [0.1, 0.15) is 17.2 Å². The number of halogens is 3. The van der Waals surface area contributed by atoms with Gasteiger partial charge in [0.15, 0.2) is 0 Å². The van der Waals surface area contributed by atoms with Gasteiger partial charge < -0.3 is 15.2 Å². The Hall–Kier alpha value is -2.35. The number of hydrogen-bond acceptors (Lipinski definition) is 4. The average molecular weight is 436 g/mol. The van der Waals surface area contributed by atoms with E-state index in [1.54, 1.807) is 36.4 Å². The molecular weight excluding hydrogens is 411 g/mol. The first-order chi connectivity index (χ1) is 14.4. The summed E-state index contributed by atoms with van der Waals surface area (Å²) >= 11 is 0.719. The SMILES string of the molecule is CC(CO)CNCc1ccc(OCc2cc(-c3ccccc3)c(C(F)(F)F)s2)cc1. The first-order valence-corrected chi connectivity index (χ1v) is 10.5. The van der Waals surface area contributed by atoms with Gasteiger partial charge in [-0.15, -0.1) is 11.3 Å². The molecule has 1 atom stereocenters. The third kappa shape index (κ3) is 6.08. The molecule has 3 aromatic rings. The van der Waals surface area contributed by atoms with Crippen molar-refractivity contribution in [2.75, 3.05) is 13.2 Å². The molecule has 0 amide bonds. The molecule has 160 valence electrons. The molecule has 1 aromatic heterocycles. The number of nitrogens with one attached hydrogen (secondary N) is 1. The van der Waals surface area contributed by atoms with Gasteiger partial charge in [-0.1, -0.05) is 49.4 Å². The zero-order valence-corrected chi connectivity index (χ0v) is 17.4. The second kappa shape index (κ2) is 10.1. The second-order valence-electron chi connectivity index (χ2n) is 7.17. The Labute approximate surface area is 178 Å². The first-order valence-electron chi connectivity index (χ1n) is 9.65. The maximum absolute atomic E-state index is 13.5. The van der Waals surface area contributed by atoms with Crippen LogP contribution in [0.5, 0.6) is 5.75 Å². The first kappa shape index (κ1) is 22.3. The molecule has 0 aliphatic carbocycles. The van der Waals surface area contributed by atoms with Crippen molar-refractivity contribution in [1.29, 1.82) is 0 Å². The van der Waals surface area contributed by atoms with Crippen molar-refractivity contribution in [3.8, 4) is 16.9 Å². The Morgan fingerprint density at radius 3 is 2.40 bits per heavy atom. The number of aliphatic hydroxyl groups is 1. The molecule has 3 rings (SSSR count). The number of rotatable bonds is 9. The predicted molar refractivity (Wildman–Crippen MR) is 113 cm³/mol. The van der Waals surface area contributed by atoms with Crippen LogP contribution in [0.3, 0.4) is 0 Å². The van der Waals surface area contributed by atoms with E-state index in [0.717, 1.165) is 23.4 Å². The van der Waals surface area contributed by atoms with Gasteiger partial charge in [0.2, 0.25) is 0 Å². The summed E-state index contributed by atoms with van der Waals surface area (Å²) in [6.45, 7) is 3.57. The van der Waals surface area contributed by atoms with Crippen LogP contribution >= 0.6 is 11.3 Å².